The molecule has 4 aromatic rings. The third kappa shape index (κ3) is 5.35. The number of carbonyl (C=O) groups is 3. The van der Waals surface area contributed by atoms with Crippen molar-refractivity contribution >= 4 is 56.6 Å². The van der Waals surface area contributed by atoms with Crippen molar-refractivity contribution in [3.63, 3.8) is 0 Å². The number of nitrogens with one attached hydrogen (secondary N) is 2. The second-order valence-electron chi connectivity index (χ2n) is 11.2. The number of urea groups is 1. The number of aromatic nitrogens is 1. The number of pyridine rings is 1. The lowest BCUT2D eigenvalue weighted by atomic mass is 10.0. The molecule has 0 radical (unpaired) electrons. The molecule has 2 aromatic heterocycles. The maximum absolute atomic E-state index is 13.5. The summed E-state index contributed by atoms with van der Waals surface area (Å²) in [5, 5.41) is 6.77. The van der Waals surface area contributed by atoms with E-state index < -0.39 is 5.60 Å². The molecule has 2 aromatic carbocycles. The van der Waals surface area contributed by atoms with Crippen molar-refractivity contribution in [2.24, 2.45) is 0 Å². The molecule has 10 heteroatoms. The Morgan fingerprint density at radius 3 is 2.63 bits per heavy atom. The summed E-state index contributed by atoms with van der Waals surface area (Å²) in [6, 6.07) is 19.0. The molecule has 9 nitrogen and oxygen atoms in total. The summed E-state index contributed by atoms with van der Waals surface area (Å²) in [5.41, 5.74) is 3.30. The average Bonchev–Trinajstić information content (AvgIpc) is 3.32. The number of amides is 4. The maximum atomic E-state index is 13.5. The van der Waals surface area contributed by atoms with Gasteiger partial charge in [0, 0.05) is 25.3 Å². The third-order valence-corrected chi connectivity index (χ3v) is 8.17. The van der Waals surface area contributed by atoms with E-state index in [4.69, 9.17) is 4.74 Å². The van der Waals surface area contributed by atoms with Gasteiger partial charge in [-0.2, -0.15) is 0 Å². The molecule has 1 saturated heterocycles. The minimum atomic E-state index is -0.591. The number of anilines is 3. The van der Waals surface area contributed by atoms with E-state index in [2.05, 4.69) is 15.6 Å². The van der Waals surface area contributed by atoms with E-state index in [9.17, 15) is 14.4 Å². The van der Waals surface area contributed by atoms with Gasteiger partial charge in [-0.05, 0) is 62.9 Å². The molecule has 2 N–H and O–H groups in total. The van der Waals surface area contributed by atoms with Crippen molar-refractivity contribution in [2.45, 2.75) is 45.3 Å². The van der Waals surface area contributed by atoms with Gasteiger partial charge >= 0.3 is 12.1 Å². The average molecular weight is 570 g/mol. The zero-order valence-electron chi connectivity index (χ0n) is 23.1. The number of benzene rings is 2. The number of thiophene rings is 1. The lowest BCUT2D eigenvalue weighted by Gasteiger charge is -2.34. The molecule has 1 fully saturated rings. The molecular formula is C31H31N5O4S. The van der Waals surface area contributed by atoms with Gasteiger partial charge in [-0.15, -0.1) is 11.3 Å². The van der Waals surface area contributed by atoms with Crippen molar-refractivity contribution < 1.29 is 19.1 Å². The zero-order chi connectivity index (χ0) is 28.7. The van der Waals surface area contributed by atoms with Crippen molar-refractivity contribution in [3.8, 4) is 11.1 Å². The fraction of sp³-hybridized carbons (Fsp3) is 0.290. The van der Waals surface area contributed by atoms with E-state index in [1.54, 1.807) is 22.1 Å². The Balaban J connectivity index is 1.27. The van der Waals surface area contributed by atoms with Crippen LogP contribution in [0.2, 0.25) is 0 Å². The standard InChI is InChI=1S/C31H31N5O4S/c1-31(2,3)40-30(39)35-16-8-12-21(18-35)33-27(37)26-25-24-23(14-15-32-28(24)41-26)36(29(38)34-25)22-13-7-11-20(17-22)19-9-5-4-6-10-19/h4-7,9-11,13-15,17,21H,8,12,16,18H2,1-3H3,(H,33,37)(H,34,38)/t21-/m1/s1. The highest BCUT2D eigenvalue weighted by molar-refractivity contribution is 7.21. The van der Waals surface area contributed by atoms with E-state index >= 15 is 0 Å². The fourth-order valence-corrected chi connectivity index (χ4v) is 6.32. The van der Waals surface area contributed by atoms with E-state index in [0.717, 1.165) is 29.4 Å². The van der Waals surface area contributed by atoms with Crippen molar-refractivity contribution in [3.05, 3.63) is 71.7 Å². The van der Waals surface area contributed by atoms with Crippen LogP contribution < -0.4 is 15.5 Å². The summed E-state index contributed by atoms with van der Waals surface area (Å²) < 4.78 is 5.52. The number of hydrogen-bond donors (Lipinski definition) is 2. The molecule has 0 aliphatic carbocycles. The van der Waals surface area contributed by atoms with Gasteiger partial charge in [0.2, 0.25) is 0 Å². The van der Waals surface area contributed by atoms with Crippen LogP contribution in [0.1, 0.15) is 43.3 Å². The molecule has 0 spiro atoms. The number of carbonyl (C=O) groups excluding carboxylic acids is 3. The van der Waals surface area contributed by atoms with Crippen LogP contribution >= 0.6 is 11.3 Å². The molecule has 1 atom stereocenters. The fourth-order valence-electron chi connectivity index (χ4n) is 5.29. The molecule has 4 amide bonds. The van der Waals surface area contributed by atoms with Crippen molar-refractivity contribution in [1.29, 1.82) is 0 Å². The minimum Gasteiger partial charge on any atom is -0.444 e. The Morgan fingerprint density at radius 1 is 1.07 bits per heavy atom. The lowest BCUT2D eigenvalue weighted by Crippen LogP contribution is -2.50. The summed E-state index contributed by atoms with van der Waals surface area (Å²) in [6.07, 6.45) is 2.77. The van der Waals surface area contributed by atoms with Crippen LogP contribution in [0.5, 0.6) is 0 Å². The van der Waals surface area contributed by atoms with E-state index in [1.165, 1.54) is 11.3 Å². The van der Waals surface area contributed by atoms with E-state index in [-0.39, 0.29) is 24.1 Å². The first-order valence-corrected chi connectivity index (χ1v) is 14.5. The first kappa shape index (κ1) is 26.8. The predicted molar refractivity (Wildman–Crippen MR) is 161 cm³/mol. The third-order valence-electron chi connectivity index (χ3n) is 7.07. The summed E-state index contributed by atoms with van der Waals surface area (Å²) in [7, 11) is 0. The predicted octanol–water partition coefficient (Wildman–Crippen LogP) is 6.78. The smallest absolute Gasteiger partial charge is 0.410 e. The van der Waals surface area contributed by atoms with Crippen LogP contribution in [-0.2, 0) is 4.74 Å². The Hall–Kier alpha value is -4.44. The van der Waals surface area contributed by atoms with Gasteiger partial charge in [-0.1, -0.05) is 42.5 Å². The molecule has 6 rings (SSSR count). The van der Waals surface area contributed by atoms with E-state index in [1.807, 2.05) is 75.4 Å². The normalized spacial score (nSPS) is 16.9. The highest BCUT2D eigenvalue weighted by Crippen LogP contribution is 2.46. The molecule has 0 saturated carbocycles. The summed E-state index contributed by atoms with van der Waals surface area (Å²) in [5.74, 6) is -0.301. The molecule has 0 bridgehead atoms. The van der Waals surface area contributed by atoms with Crippen LogP contribution in [0.15, 0.2) is 66.9 Å². The van der Waals surface area contributed by atoms with Crippen LogP contribution in [0, 0.1) is 0 Å². The lowest BCUT2D eigenvalue weighted by molar-refractivity contribution is 0.0185. The first-order chi connectivity index (χ1) is 19.7. The van der Waals surface area contributed by atoms with Gasteiger partial charge in [-0.3, -0.25) is 9.69 Å². The topological polar surface area (TPSA) is 104 Å². The molecule has 2 aliphatic rings. The quantitative estimate of drug-likeness (QED) is 0.282. The summed E-state index contributed by atoms with van der Waals surface area (Å²) in [4.78, 5) is 48.5. The summed E-state index contributed by atoms with van der Waals surface area (Å²) >= 11 is 1.24. The van der Waals surface area contributed by atoms with Crippen LogP contribution in [0.25, 0.3) is 21.3 Å². The molecule has 0 unspecified atom stereocenters. The highest BCUT2D eigenvalue weighted by Gasteiger charge is 2.34. The Kier molecular flexibility index (Phi) is 6.86. The Bertz CT molecular complexity index is 1650. The highest BCUT2D eigenvalue weighted by atomic mass is 32.1. The number of hydrogen-bond acceptors (Lipinski definition) is 6. The monoisotopic (exact) mass is 569 g/mol. The number of rotatable bonds is 4. The zero-order valence-corrected chi connectivity index (χ0v) is 24.0. The number of piperidine rings is 1. The largest absolute Gasteiger partial charge is 0.444 e. The molecule has 2 aliphatic heterocycles. The maximum Gasteiger partial charge on any atom is 0.410 e. The Labute approximate surface area is 242 Å². The Morgan fingerprint density at radius 2 is 1.85 bits per heavy atom. The van der Waals surface area contributed by atoms with Crippen molar-refractivity contribution in [1.82, 2.24) is 15.2 Å². The second-order valence-corrected chi connectivity index (χ2v) is 12.2. The van der Waals surface area contributed by atoms with Crippen molar-refractivity contribution in [2.75, 3.05) is 23.3 Å². The van der Waals surface area contributed by atoms with Gasteiger partial charge in [0.25, 0.3) is 5.91 Å². The number of ether oxygens (including phenoxy) is 1. The van der Waals surface area contributed by atoms with Gasteiger partial charge in [0.1, 0.15) is 15.3 Å². The molecule has 210 valence electrons. The number of likely N-dealkylation sites (tertiary alicyclic amines) is 1. The minimum absolute atomic E-state index is 0.231. The summed E-state index contributed by atoms with van der Waals surface area (Å²) in [6.45, 7) is 6.44. The van der Waals surface area contributed by atoms with Gasteiger partial charge in [0.15, 0.2) is 0 Å². The van der Waals surface area contributed by atoms with Crippen LogP contribution in [0.4, 0.5) is 26.7 Å². The SMILES string of the molecule is CC(C)(C)OC(=O)N1CCC[C@@H](NC(=O)c2sc3nccc4c3c2NC(=O)N4c2cccc(-c3ccccc3)c2)C1. The van der Waals surface area contributed by atoms with E-state index in [0.29, 0.717) is 39.9 Å². The molecule has 4 heterocycles. The first-order valence-electron chi connectivity index (χ1n) is 13.6. The molecular weight excluding hydrogens is 538 g/mol. The number of nitrogens with zero attached hydrogens (tertiary/aromatic N) is 3. The van der Waals surface area contributed by atoms with Crippen LogP contribution in [0.3, 0.4) is 0 Å². The second kappa shape index (κ2) is 10.5. The molecule has 41 heavy (non-hydrogen) atoms. The van der Waals surface area contributed by atoms with Crippen LogP contribution in [-0.4, -0.2) is 52.6 Å². The van der Waals surface area contributed by atoms with Gasteiger partial charge < -0.3 is 20.3 Å². The van der Waals surface area contributed by atoms with Gasteiger partial charge in [0.05, 0.1) is 22.4 Å². The van der Waals surface area contributed by atoms with Gasteiger partial charge in [-0.25, -0.2) is 14.6 Å².